The molecule has 0 bridgehead atoms. The molecular weight excluding hydrogens is 475 g/mol. The number of aromatic nitrogens is 1. The number of hydrogen-bond acceptors (Lipinski definition) is 5. The molecule has 3 aromatic rings. The Morgan fingerprint density at radius 1 is 1.03 bits per heavy atom. The first-order chi connectivity index (χ1) is 15.2. The van der Waals surface area contributed by atoms with Crippen molar-refractivity contribution in [2.24, 2.45) is 0 Å². The second-order valence-electron chi connectivity index (χ2n) is 6.63. The van der Waals surface area contributed by atoms with Gasteiger partial charge in [-0.1, -0.05) is 46.9 Å². The molecule has 0 aliphatic carbocycles. The highest BCUT2D eigenvalue weighted by Crippen LogP contribution is 2.39. The first-order valence-electron chi connectivity index (χ1n) is 9.11. The molecule has 32 heavy (non-hydrogen) atoms. The van der Waals surface area contributed by atoms with Crippen LogP contribution in [0.4, 0.5) is 10.5 Å². The minimum absolute atomic E-state index is 0.0649. The molecule has 0 fully saturated rings. The Hall–Kier alpha value is -3.31. The monoisotopic (exact) mass is 488 g/mol. The molecule has 0 aliphatic rings. The van der Waals surface area contributed by atoms with E-state index in [1.54, 1.807) is 32.0 Å². The fourth-order valence-corrected chi connectivity index (χ4v) is 3.60. The summed E-state index contributed by atoms with van der Waals surface area (Å²) in [6.07, 6.45) is 0. The van der Waals surface area contributed by atoms with Crippen LogP contribution in [0, 0.1) is 25.2 Å². The van der Waals surface area contributed by atoms with Crippen molar-refractivity contribution in [3.05, 3.63) is 79.9 Å². The van der Waals surface area contributed by atoms with Gasteiger partial charge in [0.25, 0.3) is 5.91 Å². The summed E-state index contributed by atoms with van der Waals surface area (Å²) in [5.41, 5.74) is 1.97. The third-order valence-electron chi connectivity index (χ3n) is 4.22. The van der Waals surface area contributed by atoms with Gasteiger partial charge in [-0.15, -0.1) is 0 Å². The lowest BCUT2D eigenvalue weighted by atomic mass is 10.1. The van der Waals surface area contributed by atoms with Crippen molar-refractivity contribution in [2.75, 3.05) is 5.32 Å². The number of rotatable bonds is 4. The van der Waals surface area contributed by atoms with Gasteiger partial charge in [-0.3, -0.25) is 10.1 Å². The Morgan fingerprint density at radius 3 is 2.31 bits per heavy atom. The van der Waals surface area contributed by atoms with Gasteiger partial charge in [-0.2, -0.15) is 5.26 Å². The van der Waals surface area contributed by atoms with Crippen molar-refractivity contribution in [1.82, 2.24) is 10.3 Å². The number of hydrogen-bond donors (Lipinski definition) is 2. The zero-order valence-corrected chi connectivity index (χ0v) is 19.1. The second-order valence-corrected chi connectivity index (χ2v) is 7.85. The van der Waals surface area contributed by atoms with Gasteiger partial charge < -0.3 is 10.1 Å². The van der Waals surface area contributed by atoms with E-state index in [-0.39, 0.29) is 43.5 Å². The smallest absolute Gasteiger partial charge is 0.326 e. The van der Waals surface area contributed by atoms with E-state index in [4.69, 9.17) is 39.5 Å². The molecule has 0 spiro atoms. The summed E-state index contributed by atoms with van der Waals surface area (Å²) in [6.45, 7) is 3.53. The number of carbonyl (C=O) groups excluding carboxylic acids is 2. The van der Waals surface area contributed by atoms with E-state index in [0.717, 1.165) is 0 Å². The van der Waals surface area contributed by atoms with Gasteiger partial charge in [-0.05, 0) is 49.7 Å². The van der Waals surface area contributed by atoms with Crippen LogP contribution in [-0.4, -0.2) is 16.9 Å². The maximum Gasteiger partial charge on any atom is 0.326 e. The lowest BCUT2D eigenvalue weighted by Gasteiger charge is -2.14. The van der Waals surface area contributed by atoms with Gasteiger partial charge in [-0.25, -0.2) is 9.78 Å². The SMILES string of the molecule is Cc1cc(C)c(C#N)c(Oc2c(Cl)cc(NC(=O)NC(=O)c3ccccc3Cl)cc2Cl)n1. The number of nitriles is 1. The van der Waals surface area contributed by atoms with Crippen molar-refractivity contribution in [3.8, 4) is 17.7 Å². The van der Waals surface area contributed by atoms with Gasteiger partial charge >= 0.3 is 6.03 Å². The van der Waals surface area contributed by atoms with Crippen LogP contribution in [0.3, 0.4) is 0 Å². The molecule has 10 heteroatoms. The number of aryl methyl sites for hydroxylation is 2. The Labute approximate surface area is 198 Å². The van der Waals surface area contributed by atoms with Crippen LogP contribution in [-0.2, 0) is 0 Å². The average molecular weight is 490 g/mol. The molecule has 1 heterocycles. The number of amides is 3. The van der Waals surface area contributed by atoms with Crippen LogP contribution >= 0.6 is 34.8 Å². The zero-order chi connectivity index (χ0) is 23.4. The predicted molar refractivity (Wildman–Crippen MR) is 123 cm³/mol. The van der Waals surface area contributed by atoms with Gasteiger partial charge in [0.15, 0.2) is 5.75 Å². The van der Waals surface area contributed by atoms with Crippen LogP contribution in [0.25, 0.3) is 0 Å². The van der Waals surface area contributed by atoms with E-state index < -0.39 is 11.9 Å². The fraction of sp³-hybridized carbons (Fsp3) is 0.0909. The maximum absolute atomic E-state index is 12.2. The van der Waals surface area contributed by atoms with Crippen molar-refractivity contribution in [3.63, 3.8) is 0 Å². The van der Waals surface area contributed by atoms with Crippen molar-refractivity contribution in [1.29, 1.82) is 5.26 Å². The van der Waals surface area contributed by atoms with E-state index in [9.17, 15) is 14.9 Å². The Kier molecular flexibility index (Phi) is 7.21. The number of benzene rings is 2. The lowest BCUT2D eigenvalue weighted by molar-refractivity contribution is 0.0967. The third-order valence-corrected chi connectivity index (χ3v) is 5.11. The molecule has 0 aliphatic heterocycles. The van der Waals surface area contributed by atoms with E-state index in [1.807, 2.05) is 6.07 Å². The Balaban J connectivity index is 1.78. The molecule has 0 saturated heterocycles. The summed E-state index contributed by atoms with van der Waals surface area (Å²) < 4.78 is 5.72. The molecule has 3 rings (SSSR count). The largest absolute Gasteiger partial charge is 0.435 e. The van der Waals surface area contributed by atoms with E-state index >= 15 is 0 Å². The molecule has 1 aromatic heterocycles. The number of nitrogens with zero attached hydrogens (tertiary/aromatic N) is 2. The van der Waals surface area contributed by atoms with Crippen molar-refractivity contribution < 1.29 is 14.3 Å². The maximum atomic E-state index is 12.2. The summed E-state index contributed by atoms with van der Waals surface area (Å²) >= 11 is 18.5. The number of imide groups is 1. The third kappa shape index (κ3) is 5.29. The first-order valence-corrected chi connectivity index (χ1v) is 10.2. The summed E-state index contributed by atoms with van der Waals surface area (Å²) in [5, 5.41) is 14.4. The van der Waals surface area contributed by atoms with Crippen LogP contribution in [0.5, 0.6) is 11.6 Å². The normalized spacial score (nSPS) is 10.2. The minimum Gasteiger partial charge on any atom is -0.435 e. The molecule has 162 valence electrons. The number of anilines is 1. The highest BCUT2D eigenvalue weighted by Gasteiger charge is 2.18. The highest BCUT2D eigenvalue weighted by molar-refractivity contribution is 6.38. The molecule has 0 atom stereocenters. The second kappa shape index (κ2) is 9.88. The van der Waals surface area contributed by atoms with E-state index in [2.05, 4.69) is 15.6 Å². The van der Waals surface area contributed by atoms with Crippen molar-refractivity contribution >= 4 is 52.4 Å². The van der Waals surface area contributed by atoms with Crippen LogP contribution in [0.15, 0.2) is 42.5 Å². The van der Waals surface area contributed by atoms with Crippen LogP contribution in [0.2, 0.25) is 15.1 Å². The number of nitrogens with one attached hydrogen (secondary N) is 2. The molecule has 7 nitrogen and oxygen atoms in total. The number of carbonyl (C=O) groups is 2. The standard InChI is InChI=1S/C22H15Cl3N4O3/c1-11-7-12(2)27-21(15(11)10-26)32-19-17(24)8-13(9-18(19)25)28-22(31)29-20(30)14-5-3-4-6-16(14)23/h3-9H,1-2H3,(H2,28,29,30,31). The number of ether oxygens (including phenoxy) is 1. The number of pyridine rings is 1. The molecule has 2 N–H and O–H groups in total. The van der Waals surface area contributed by atoms with Crippen LogP contribution in [0.1, 0.15) is 27.2 Å². The van der Waals surface area contributed by atoms with E-state index in [1.165, 1.54) is 24.3 Å². The molecular formula is C22H15Cl3N4O3. The number of urea groups is 1. The van der Waals surface area contributed by atoms with E-state index in [0.29, 0.717) is 11.3 Å². The lowest BCUT2D eigenvalue weighted by Crippen LogP contribution is -2.34. The predicted octanol–water partition coefficient (Wildman–Crippen LogP) is 6.28. The molecule has 2 aromatic carbocycles. The zero-order valence-electron chi connectivity index (χ0n) is 16.8. The molecule has 0 saturated carbocycles. The fourth-order valence-electron chi connectivity index (χ4n) is 2.82. The summed E-state index contributed by atoms with van der Waals surface area (Å²) in [4.78, 5) is 28.7. The number of halogens is 3. The summed E-state index contributed by atoms with van der Waals surface area (Å²) in [5.74, 6) is -0.534. The average Bonchev–Trinajstić information content (AvgIpc) is 2.70. The highest BCUT2D eigenvalue weighted by atomic mass is 35.5. The summed E-state index contributed by atoms with van der Waals surface area (Å²) in [6, 6.07) is 12.1. The summed E-state index contributed by atoms with van der Waals surface area (Å²) in [7, 11) is 0. The van der Waals surface area contributed by atoms with Gasteiger partial charge in [0.05, 0.1) is 20.6 Å². The van der Waals surface area contributed by atoms with Gasteiger partial charge in [0.1, 0.15) is 11.6 Å². The molecule has 3 amide bonds. The van der Waals surface area contributed by atoms with Gasteiger partial charge in [0, 0.05) is 11.4 Å². The minimum atomic E-state index is -0.807. The topological polar surface area (TPSA) is 104 Å². The van der Waals surface area contributed by atoms with Crippen molar-refractivity contribution in [2.45, 2.75) is 13.8 Å². The van der Waals surface area contributed by atoms with Gasteiger partial charge in [0.2, 0.25) is 5.88 Å². The quantitative estimate of drug-likeness (QED) is 0.448. The Bertz CT molecular complexity index is 1250. The molecule has 0 radical (unpaired) electrons. The van der Waals surface area contributed by atoms with Crippen LogP contribution < -0.4 is 15.4 Å². The first kappa shape index (κ1) is 23.4. The molecule has 0 unspecified atom stereocenters. The Morgan fingerprint density at radius 2 is 1.69 bits per heavy atom.